The molecule has 178 valence electrons. The van der Waals surface area contributed by atoms with E-state index in [4.69, 9.17) is 9.47 Å². The molecule has 1 saturated heterocycles. The molecule has 0 bridgehead atoms. The Balaban J connectivity index is 2.02. The minimum Gasteiger partial charge on any atom is -0.497 e. The molecule has 0 saturated carbocycles. The van der Waals surface area contributed by atoms with Crippen LogP contribution in [0.25, 0.3) is 0 Å². The van der Waals surface area contributed by atoms with E-state index in [1.807, 2.05) is 20.8 Å². The predicted molar refractivity (Wildman–Crippen MR) is 124 cm³/mol. The van der Waals surface area contributed by atoms with Crippen molar-refractivity contribution in [2.45, 2.75) is 51.8 Å². The van der Waals surface area contributed by atoms with E-state index in [9.17, 15) is 9.59 Å². The number of hydrogen-bond acceptors (Lipinski definition) is 5. The van der Waals surface area contributed by atoms with E-state index < -0.39 is 17.4 Å². The Morgan fingerprint density at radius 2 is 1.94 bits per heavy atom. The first-order chi connectivity index (χ1) is 15.7. The number of hydrazine groups is 1. The summed E-state index contributed by atoms with van der Waals surface area (Å²) in [5.74, 6) is -0.220. The second-order valence-corrected chi connectivity index (χ2v) is 8.06. The first kappa shape index (κ1) is 24.3. The van der Waals surface area contributed by atoms with E-state index in [2.05, 4.69) is 16.2 Å². The highest BCUT2D eigenvalue weighted by molar-refractivity contribution is 6.06. The molecule has 1 fully saturated rings. The number of rotatable bonds is 9. The van der Waals surface area contributed by atoms with Gasteiger partial charge in [0.1, 0.15) is 23.0 Å². The van der Waals surface area contributed by atoms with Crippen molar-refractivity contribution in [2.75, 3.05) is 19.5 Å². The smallest absolute Gasteiger partial charge is 0.333 e. The van der Waals surface area contributed by atoms with Crippen molar-refractivity contribution in [3.05, 3.63) is 53.3 Å². The molecular weight excluding hydrogens is 427 g/mol. The summed E-state index contributed by atoms with van der Waals surface area (Å²) in [7, 11) is 3.14. The van der Waals surface area contributed by atoms with Crippen LogP contribution in [-0.2, 0) is 5.66 Å². The fraction of sp³-hybridized carbons (Fsp3) is 0.417. The second kappa shape index (κ2) is 10.1. The third-order valence-electron chi connectivity index (χ3n) is 5.90. The van der Waals surface area contributed by atoms with Gasteiger partial charge in [0.05, 0.1) is 18.8 Å². The van der Waals surface area contributed by atoms with Gasteiger partial charge in [-0.1, -0.05) is 20.3 Å². The minimum atomic E-state index is -1.11. The van der Waals surface area contributed by atoms with E-state index in [1.54, 1.807) is 38.4 Å². The summed E-state index contributed by atoms with van der Waals surface area (Å²) in [5.41, 5.74) is 5.14. The summed E-state index contributed by atoms with van der Waals surface area (Å²) in [4.78, 5) is 26.6. The number of carbonyl (C=O) groups is 2. The number of anilines is 1. The Kier molecular flexibility index (Phi) is 7.43. The van der Waals surface area contributed by atoms with Gasteiger partial charge in [0.25, 0.3) is 5.91 Å². The maximum atomic E-state index is 15.4. The number of amides is 3. The number of carbonyl (C=O) groups excluding carboxylic acids is 2. The van der Waals surface area contributed by atoms with Crippen molar-refractivity contribution < 1.29 is 23.5 Å². The van der Waals surface area contributed by atoms with Crippen LogP contribution in [-0.4, -0.2) is 37.1 Å². The molecule has 1 unspecified atom stereocenters. The molecule has 2 aromatic carbocycles. The van der Waals surface area contributed by atoms with Crippen LogP contribution in [0.1, 0.15) is 56.0 Å². The lowest BCUT2D eigenvalue weighted by Gasteiger charge is -2.34. The van der Waals surface area contributed by atoms with Crippen LogP contribution in [0.3, 0.4) is 0 Å². The lowest BCUT2D eigenvalue weighted by atomic mass is 9.93. The van der Waals surface area contributed by atoms with Crippen LogP contribution in [0.2, 0.25) is 0 Å². The summed E-state index contributed by atoms with van der Waals surface area (Å²) in [6, 6.07) is 9.13. The maximum Gasteiger partial charge on any atom is 0.333 e. The van der Waals surface area contributed by atoms with Gasteiger partial charge in [0, 0.05) is 18.3 Å². The summed E-state index contributed by atoms with van der Waals surface area (Å²) < 4.78 is 26.7. The lowest BCUT2D eigenvalue weighted by Crippen LogP contribution is -2.48. The summed E-state index contributed by atoms with van der Waals surface area (Å²) in [5, 5.41) is 2.78. The molecule has 8 nitrogen and oxygen atoms in total. The highest BCUT2D eigenvalue weighted by atomic mass is 19.1. The van der Waals surface area contributed by atoms with Crippen molar-refractivity contribution >= 4 is 17.6 Å². The fourth-order valence-corrected chi connectivity index (χ4v) is 3.96. The Hall–Kier alpha value is -3.33. The molecule has 1 aliphatic heterocycles. The zero-order valence-corrected chi connectivity index (χ0v) is 19.6. The molecule has 2 atom stereocenters. The number of benzene rings is 2. The molecule has 9 heteroatoms. The second-order valence-electron chi connectivity index (χ2n) is 8.06. The molecule has 33 heavy (non-hydrogen) atoms. The highest BCUT2D eigenvalue weighted by Gasteiger charge is 2.45. The number of methoxy groups -OCH3 is 1. The number of halogens is 1. The number of hydrogen-bond donors (Lipinski definition) is 3. The first-order valence-corrected chi connectivity index (χ1v) is 11.0. The van der Waals surface area contributed by atoms with Crippen molar-refractivity contribution in [1.82, 2.24) is 15.8 Å². The third kappa shape index (κ3) is 4.88. The number of nitrogens with one attached hydrogen (secondary N) is 3. The standard InChI is InChI=1S/C24H31FN4O4/c1-6-8-15(3)33-21-14-19(24(7-2)28-27-23(31)29(24)4)20(25)13-18(21)22(30)26-16-9-11-17(32-5)12-10-16/h9-15,28H,6-8H2,1-5H3,(H,26,30)(H,27,31)/t15-,24?/m0/s1. The molecule has 3 N–H and O–H groups in total. The van der Waals surface area contributed by atoms with E-state index in [1.165, 1.54) is 11.0 Å². The quantitative estimate of drug-likeness (QED) is 0.519. The predicted octanol–water partition coefficient (Wildman–Crippen LogP) is 4.38. The van der Waals surface area contributed by atoms with Crippen LogP contribution in [0.5, 0.6) is 11.5 Å². The molecule has 0 aliphatic carbocycles. The zero-order chi connectivity index (χ0) is 24.2. The van der Waals surface area contributed by atoms with Gasteiger partial charge in [-0.2, -0.15) is 0 Å². The van der Waals surface area contributed by atoms with Gasteiger partial charge in [-0.05, 0) is 56.2 Å². The lowest BCUT2D eigenvalue weighted by molar-refractivity contribution is 0.101. The molecule has 3 amide bonds. The molecule has 0 aromatic heterocycles. The molecule has 3 rings (SSSR count). The first-order valence-electron chi connectivity index (χ1n) is 11.0. The van der Waals surface area contributed by atoms with Gasteiger partial charge in [-0.15, -0.1) is 0 Å². The van der Waals surface area contributed by atoms with Gasteiger partial charge < -0.3 is 19.7 Å². The van der Waals surface area contributed by atoms with E-state index in [0.29, 0.717) is 17.9 Å². The summed E-state index contributed by atoms with van der Waals surface area (Å²) in [6.45, 7) is 5.78. The normalized spacial score (nSPS) is 18.6. The Morgan fingerprint density at radius 1 is 1.24 bits per heavy atom. The average molecular weight is 459 g/mol. The van der Waals surface area contributed by atoms with Crippen LogP contribution in [0.15, 0.2) is 36.4 Å². The van der Waals surface area contributed by atoms with Crippen LogP contribution in [0, 0.1) is 5.82 Å². The largest absolute Gasteiger partial charge is 0.497 e. The molecule has 1 heterocycles. The number of urea groups is 1. The van der Waals surface area contributed by atoms with E-state index in [0.717, 1.165) is 18.9 Å². The monoisotopic (exact) mass is 458 g/mol. The fourth-order valence-electron chi connectivity index (χ4n) is 3.96. The molecule has 1 aliphatic rings. The van der Waals surface area contributed by atoms with E-state index >= 15 is 4.39 Å². The number of nitrogens with zero attached hydrogens (tertiary/aromatic N) is 1. The highest BCUT2D eigenvalue weighted by Crippen LogP contribution is 2.37. The Bertz CT molecular complexity index is 1010. The molecule has 0 spiro atoms. The summed E-state index contributed by atoms with van der Waals surface area (Å²) >= 11 is 0. The van der Waals surface area contributed by atoms with Gasteiger partial charge in [0.15, 0.2) is 0 Å². The van der Waals surface area contributed by atoms with Crippen LogP contribution >= 0.6 is 0 Å². The topological polar surface area (TPSA) is 91.9 Å². The van der Waals surface area contributed by atoms with Crippen LogP contribution in [0.4, 0.5) is 14.9 Å². The van der Waals surface area contributed by atoms with E-state index in [-0.39, 0.29) is 29.0 Å². The van der Waals surface area contributed by atoms with Gasteiger partial charge in [-0.3, -0.25) is 10.2 Å². The van der Waals surface area contributed by atoms with Crippen molar-refractivity contribution in [3.8, 4) is 11.5 Å². The summed E-state index contributed by atoms with van der Waals surface area (Å²) in [6.07, 6.45) is 1.86. The van der Waals surface area contributed by atoms with Gasteiger partial charge in [-0.25, -0.2) is 14.6 Å². The van der Waals surface area contributed by atoms with Crippen LogP contribution < -0.4 is 25.6 Å². The maximum absolute atomic E-state index is 15.4. The minimum absolute atomic E-state index is 0.0706. The SMILES string of the molecule is CCC[C@H](C)Oc1cc(C2(CC)NNC(=O)N2C)c(F)cc1C(=O)Nc1ccc(OC)cc1. The van der Waals surface area contributed by atoms with Crippen molar-refractivity contribution in [2.24, 2.45) is 0 Å². The number of ether oxygens (including phenoxy) is 2. The van der Waals surface area contributed by atoms with Crippen molar-refractivity contribution in [3.63, 3.8) is 0 Å². The molecule has 2 aromatic rings. The average Bonchev–Trinajstić information content (AvgIpc) is 3.10. The van der Waals surface area contributed by atoms with Gasteiger partial charge >= 0.3 is 6.03 Å². The Labute approximate surface area is 193 Å². The third-order valence-corrected chi connectivity index (χ3v) is 5.90. The van der Waals surface area contributed by atoms with Gasteiger partial charge in [0.2, 0.25) is 0 Å². The Morgan fingerprint density at radius 3 is 2.48 bits per heavy atom. The van der Waals surface area contributed by atoms with Crippen molar-refractivity contribution in [1.29, 1.82) is 0 Å². The molecular formula is C24H31FN4O4. The zero-order valence-electron chi connectivity index (χ0n) is 19.6. The molecule has 0 radical (unpaired) electrons.